The fourth-order valence-electron chi connectivity index (χ4n) is 3.36. The van der Waals surface area contributed by atoms with Gasteiger partial charge in [-0.05, 0) is 29.9 Å². The molecule has 0 nitrogen and oxygen atoms in total. The van der Waals surface area contributed by atoms with Gasteiger partial charge in [-0.3, -0.25) is 0 Å². The van der Waals surface area contributed by atoms with Crippen molar-refractivity contribution in [3.8, 4) is 0 Å². The standard InChI is InChI=1S/C20H33/c1-4-7-8-12-17-20(18(13-5-2)14-6-3)19-15-10-9-11-16-19/h9-11,15,18,20H,4-8,12-14,17H2,1-3H3. The molecule has 0 aliphatic carbocycles. The van der Waals surface area contributed by atoms with E-state index in [9.17, 15) is 0 Å². The Morgan fingerprint density at radius 1 is 0.850 bits per heavy atom. The summed E-state index contributed by atoms with van der Waals surface area (Å²) in [7, 11) is 0. The Bertz CT molecular complexity index is 308. The van der Waals surface area contributed by atoms with Crippen LogP contribution in [0.3, 0.4) is 0 Å². The van der Waals surface area contributed by atoms with Crippen LogP contribution in [-0.2, 0) is 0 Å². The SMILES string of the molecule is CCCCCCC(c1[c]cccc1)C(CCC)CCC. The van der Waals surface area contributed by atoms with Gasteiger partial charge in [0.1, 0.15) is 0 Å². The van der Waals surface area contributed by atoms with Gasteiger partial charge in [-0.25, -0.2) is 0 Å². The Morgan fingerprint density at radius 2 is 1.60 bits per heavy atom. The number of hydrogen-bond acceptors (Lipinski definition) is 0. The topological polar surface area (TPSA) is 0 Å². The highest BCUT2D eigenvalue weighted by Gasteiger charge is 2.21. The van der Waals surface area contributed by atoms with Crippen LogP contribution >= 0.6 is 0 Å². The second-order valence-corrected chi connectivity index (χ2v) is 6.11. The molecule has 0 aliphatic rings. The average molecular weight is 273 g/mol. The zero-order chi connectivity index (χ0) is 14.6. The summed E-state index contributed by atoms with van der Waals surface area (Å²) >= 11 is 0. The first-order chi connectivity index (χ1) is 9.83. The second-order valence-electron chi connectivity index (χ2n) is 6.11. The van der Waals surface area contributed by atoms with Gasteiger partial charge in [0.25, 0.3) is 0 Å². The van der Waals surface area contributed by atoms with Crippen LogP contribution in [0.1, 0.15) is 90.0 Å². The second kappa shape index (κ2) is 10.9. The maximum Gasteiger partial charge on any atom is -0.0127 e. The van der Waals surface area contributed by atoms with Gasteiger partial charge in [-0.1, -0.05) is 96.4 Å². The quantitative estimate of drug-likeness (QED) is 0.391. The Labute approximate surface area is 127 Å². The molecule has 0 heterocycles. The van der Waals surface area contributed by atoms with Crippen LogP contribution < -0.4 is 0 Å². The van der Waals surface area contributed by atoms with E-state index in [4.69, 9.17) is 0 Å². The average Bonchev–Trinajstić information content (AvgIpc) is 2.48. The van der Waals surface area contributed by atoms with Gasteiger partial charge < -0.3 is 0 Å². The minimum absolute atomic E-state index is 0.730. The van der Waals surface area contributed by atoms with Gasteiger partial charge in [0, 0.05) is 0 Å². The van der Waals surface area contributed by atoms with E-state index < -0.39 is 0 Å². The van der Waals surface area contributed by atoms with E-state index in [-0.39, 0.29) is 0 Å². The molecule has 1 aromatic rings. The van der Waals surface area contributed by atoms with Crippen LogP contribution in [0.25, 0.3) is 0 Å². The molecule has 1 atom stereocenters. The van der Waals surface area contributed by atoms with E-state index in [0.29, 0.717) is 0 Å². The lowest BCUT2D eigenvalue weighted by atomic mass is 9.78. The molecule has 1 aromatic carbocycles. The van der Waals surface area contributed by atoms with Crippen molar-refractivity contribution in [1.82, 2.24) is 0 Å². The third kappa shape index (κ3) is 6.11. The monoisotopic (exact) mass is 273 g/mol. The first kappa shape index (κ1) is 17.3. The van der Waals surface area contributed by atoms with E-state index >= 15 is 0 Å². The first-order valence-electron chi connectivity index (χ1n) is 8.80. The van der Waals surface area contributed by atoms with E-state index in [1.54, 1.807) is 0 Å². The number of benzene rings is 1. The molecular formula is C20H33. The molecule has 0 saturated heterocycles. The van der Waals surface area contributed by atoms with Crippen molar-refractivity contribution in [2.75, 3.05) is 0 Å². The Hall–Kier alpha value is -0.780. The summed E-state index contributed by atoms with van der Waals surface area (Å²) in [6.45, 7) is 6.94. The summed E-state index contributed by atoms with van der Waals surface area (Å²) < 4.78 is 0. The molecule has 1 unspecified atom stereocenters. The van der Waals surface area contributed by atoms with Gasteiger partial charge in [0.15, 0.2) is 0 Å². The molecule has 0 aliphatic heterocycles. The van der Waals surface area contributed by atoms with Crippen LogP contribution in [0, 0.1) is 12.0 Å². The molecule has 0 saturated carbocycles. The van der Waals surface area contributed by atoms with Crippen molar-refractivity contribution < 1.29 is 0 Å². The minimum Gasteiger partial charge on any atom is -0.0654 e. The van der Waals surface area contributed by atoms with Crippen molar-refractivity contribution in [3.05, 3.63) is 35.9 Å². The molecule has 20 heavy (non-hydrogen) atoms. The highest BCUT2D eigenvalue weighted by molar-refractivity contribution is 5.19. The lowest BCUT2D eigenvalue weighted by Crippen LogP contribution is -2.13. The van der Waals surface area contributed by atoms with Gasteiger partial charge in [0.05, 0.1) is 0 Å². The molecule has 113 valence electrons. The number of hydrogen-bond donors (Lipinski definition) is 0. The highest BCUT2D eigenvalue weighted by Crippen LogP contribution is 2.35. The summed E-state index contributed by atoms with van der Waals surface area (Å²) in [5.41, 5.74) is 1.45. The molecule has 0 heteroatoms. The smallest absolute Gasteiger partial charge is 0.0127 e. The van der Waals surface area contributed by atoms with E-state index in [1.807, 2.05) is 0 Å². The van der Waals surface area contributed by atoms with Gasteiger partial charge in [0.2, 0.25) is 0 Å². The van der Waals surface area contributed by atoms with Crippen LogP contribution in [0.15, 0.2) is 24.3 Å². The normalized spacial score (nSPS) is 12.8. The molecule has 0 amide bonds. The summed E-state index contributed by atoms with van der Waals surface area (Å²) in [5.74, 6) is 1.58. The van der Waals surface area contributed by atoms with Gasteiger partial charge in [-0.15, -0.1) is 0 Å². The lowest BCUT2D eigenvalue weighted by molar-refractivity contribution is 0.339. The molecule has 0 spiro atoms. The van der Waals surface area contributed by atoms with Gasteiger partial charge in [-0.2, -0.15) is 0 Å². The van der Waals surface area contributed by atoms with Crippen LogP contribution in [0.5, 0.6) is 0 Å². The van der Waals surface area contributed by atoms with E-state index in [2.05, 4.69) is 51.1 Å². The van der Waals surface area contributed by atoms with Crippen LogP contribution in [0.2, 0.25) is 0 Å². The molecule has 0 aromatic heterocycles. The molecule has 0 N–H and O–H groups in total. The Kier molecular flexibility index (Phi) is 9.45. The number of rotatable bonds is 11. The minimum atomic E-state index is 0.730. The summed E-state index contributed by atoms with van der Waals surface area (Å²) in [4.78, 5) is 0. The first-order valence-corrected chi connectivity index (χ1v) is 8.80. The van der Waals surface area contributed by atoms with Crippen molar-refractivity contribution in [2.45, 2.75) is 84.5 Å². The van der Waals surface area contributed by atoms with E-state index in [1.165, 1.54) is 63.4 Å². The molecule has 0 fully saturated rings. The largest absolute Gasteiger partial charge is 0.0654 e. The zero-order valence-electron chi connectivity index (χ0n) is 13.8. The van der Waals surface area contributed by atoms with Crippen molar-refractivity contribution in [1.29, 1.82) is 0 Å². The molecule has 1 radical (unpaired) electrons. The van der Waals surface area contributed by atoms with Crippen molar-refractivity contribution >= 4 is 0 Å². The summed E-state index contributed by atoms with van der Waals surface area (Å²) in [6, 6.07) is 12.2. The predicted octanol–water partition coefficient (Wildman–Crippen LogP) is 6.76. The molecule has 1 rings (SSSR count). The van der Waals surface area contributed by atoms with Crippen molar-refractivity contribution in [3.63, 3.8) is 0 Å². The Balaban J connectivity index is 2.71. The fourth-order valence-corrected chi connectivity index (χ4v) is 3.36. The molecular weight excluding hydrogens is 240 g/mol. The van der Waals surface area contributed by atoms with Gasteiger partial charge >= 0.3 is 0 Å². The third-order valence-electron chi connectivity index (χ3n) is 4.39. The van der Waals surface area contributed by atoms with Crippen molar-refractivity contribution in [2.24, 2.45) is 5.92 Å². The maximum atomic E-state index is 3.51. The lowest BCUT2D eigenvalue weighted by Gasteiger charge is -2.27. The molecule has 0 bridgehead atoms. The Morgan fingerprint density at radius 3 is 2.15 bits per heavy atom. The fraction of sp³-hybridized carbons (Fsp3) is 0.700. The number of unbranched alkanes of at least 4 members (excludes halogenated alkanes) is 3. The van der Waals surface area contributed by atoms with Crippen LogP contribution in [0.4, 0.5) is 0 Å². The maximum absolute atomic E-state index is 3.51. The summed E-state index contributed by atoms with van der Waals surface area (Å²) in [6.07, 6.45) is 12.2. The highest BCUT2D eigenvalue weighted by atomic mass is 14.3. The van der Waals surface area contributed by atoms with E-state index in [0.717, 1.165) is 11.8 Å². The summed E-state index contributed by atoms with van der Waals surface area (Å²) in [5, 5.41) is 0. The zero-order valence-corrected chi connectivity index (χ0v) is 13.8. The van der Waals surface area contributed by atoms with Crippen LogP contribution in [-0.4, -0.2) is 0 Å². The third-order valence-corrected chi connectivity index (χ3v) is 4.39. The predicted molar refractivity (Wildman–Crippen MR) is 90.1 cm³/mol.